The van der Waals surface area contributed by atoms with Crippen molar-refractivity contribution in [3.05, 3.63) is 75.9 Å². The Bertz CT molecular complexity index is 767. The minimum Gasteiger partial charge on any atom is -0.386 e. The molecule has 0 radical (unpaired) electrons. The van der Waals surface area contributed by atoms with Gasteiger partial charge < -0.3 is 10.6 Å². The Morgan fingerprint density at radius 3 is 2.52 bits per heavy atom. The van der Waals surface area contributed by atoms with Crippen molar-refractivity contribution in [1.82, 2.24) is 5.32 Å². The van der Waals surface area contributed by atoms with Crippen molar-refractivity contribution < 1.29 is 4.79 Å². The third-order valence-corrected chi connectivity index (χ3v) is 3.68. The van der Waals surface area contributed by atoms with Crippen LogP contribution in [0.5, 0.6) is 0 Å². The maximum atomic E-state index is 12.1. The molecule has 0 aliphatic rings. The number of benzene rings is 2. The molecule has 116 valence electrons. The summed E-state index contributed by atoms with van der Waals surface area (Å²) in [6.45, 7) is 0.520. The van der Waals surface area contributed by atoms with Crippen LogP contribution in [-0.4, -0.2) is 5.91 Å². The van der Waals surface area contributed by atoms with Gasteiger partial charge in [-0.15, -0.1) is 0 Å². The second kappa shape index (κ2) is 8.23. The predicted molar refractivity (Wildman–Crippen MR) is 92.1 cm³/mol. The molecule has 0 saturated carbocycles. The maximum absolute atomic E-state index is 12.1. The maximum Gasteiger partial charge on any atom is 0.267 e. The number of nitrogens with one attached hydrogen (secondary N) is 2. The fourth-order valence-electron chi connectivity index (χ4n) is 1.79. The van der Waals surface area contributed by atoms with E-state index in [1.165, 1.54) is 12.3 Å². The van der Waals surface area contributed by atoms with Gasteiger partial charge >= 0.3 is 0 Å². The molecule has 0 unspecified atom stereocenters. The number of carbonyl (C=O) groups excluding carboxylic acids is 1. The topological polar surface area (TPSA) is 64.9 Å². The highest BCUT2D eigenvalue weighted by molar-refractivity contribution is 6.42. The first-order valence-corrected chi connectivity index (χ1v) is 7.49. The summed E-state index contributed by atoms with van der Waals surface area (Å²) in [4.78, 5) is 12.1. The Morgan fingerprint density at radius 1 is 1.13 bits per heavy atom. The predicted octanol–water partition coefficient (Wildman–Crippen LogP) is 4.13. The first-order valence-electron chi connectivity index (χ1n) is 6.74. The summed E-state index contributed by atoms with van der Waals surface area (Å²) < 4.78 is 0. The highest BCUT2D eigenvalue weighted by atomic mass is 35.5. The standard InChI is InChI=1S/C17H13Cl2N3O/c18-15-7-6-14(8-16(15)19)22-17(23)13(9-20)11-21-10-12-4-2-1-3-5-12/h1-8,11,21H,10H2,(H,22,23)/b13-11-. The molecule has 0 spiro atoms. The minimum absolute atomic E-state index is 0.0352. The van der Waals surface area contributed by atoms with Gasteiger partial charge in [0, 0.05) is 18.4 Å². The van der Waals surface area contributed by atoms with Crippen LogP contribution in [0.25, 0.3) is 0 Å². The molecule has 1 amide bonds. The summed E-state index contributed by atoms with van der Waals surface area (Å²) in [5.41, 5.74) is 1.48. The van der Waals surface area contributed by atoms with Crippen molar-refractivity contribution in [3.63, 3.8) is 0 Å². The van der Waals surface area contributed by atoms with Crippen LogP contribution in [0.2, 0.25) is 10.0 Å². The molecule has 2 rings (SSSR count). The number of hydrogen-bond donors (Lipinski definition) is 2. The van der Waals surface area contributed by atoms with Gasteiger partial charge in [0.05, 0.1) is 10.0 Å². The molecule has 2 N–H and O–H groups in total. The lowest BCUT2D eigenvalue weighted by atomic mass is 10.2. The molecule has 2 aromatic rings. The second-order valence-electron chi connectivity index (χ2n) is 4.62. The van der Waals surface area contributed by atoms with Crippen LogP contribution in [0.15, 0.2) is 60.3 Å². The van der Waals surface area contributed by atoms with Crippen molar-refractivity contribution in [2.24, 2.45) is 0 Å². The van der Waals surface area contributed by atoms with Crippen molar-refractivity contribution >= 4 is 34.8 Å². The van der Waals surface area contributed by atoms with Crippen molar-refractivity contribution in [2.45, 2.75) is 6.54 Å². The number of hydrogen-bond acceptors (Lipinski definition) is 3. The zero-order chi connectivity index (χ0) is 16.7. The van der Waals surface area contributed by atoms with Crippen LogP contribution in [0.1, 0.15) is 5.56 Å². The normalized spacial score (nSPS) is 10.7. The Morgan fingerprint density at radius 2 is 1.87 bits per heavy atom. The van der Waals surface area contributed by atoms with E-state index in [4.69, 9.17) is 28.5 Å². The lowest BCUT2D eigenvalue weighted by Gasteiger charge is -2.06. The largest absolute Gasteiger partial charge is 0.386 e. The summed E-state index contributed by atoms with van der Waals surface area (Å²) in [5.74, 6) is -0.522. The summed E-state index contributed by atoms with van der Waals surface area (Å²) in [5, 5.41) is 15.4. The van der Waals surface area contributed by atoms with Crippen molar-refractivity contribution in [2.75, 3.05) is 5.32 Å². The van der Waals surface area contributed by atoms with Gasteiger partial charge in [-0.25, -0.2) is 0 Å². The Kier molecular flexibility index (Phi) is 6.04. The fraction of sp³-hybridized carbons (Fsp3) is 0.0588. The summed E-state index contributed by atoms with van der Waals surface area (Å²) >= 11 is 11.7. The highest BCUT2D eigenvalue weighted by Gasteiger charge is 2.10. The van der Waals surface area contributed by atoms with E-state index >= 15 is 0 Å². The van der Waals surface area contributed by atoms with Crippen LogP contribution >= 0.6 is 23.2 Å². The summed E-state index contributed by atoms with van der Waals surface area (Å²) in [6.07, 6.45) is 1.39. The molecule has 0 aromatic heterocycles. The minimum atomic E-state index is -0.522. The van der Waals surface area contributed by atoms with E-state index < -0.39 is 5.91 Å². The van der Waals surface area contributed by atoms with E-state index in [-0.39, 0.29) is 5.57 Å². The van der Waals surface area contributed by atoms with Crippen LogP contribution in [0.3, 0.4) is 0 Å². The quantitative estimate of drug-likeness (QED) is 0.632. The van der Waals surface area contributed by atoms with Gasteiger partial charge in [0.2, 0.25) is 0 Å². The van der Waals surface area contributed by atoms with Gasteiger partial charge in [-0.05, 0) is 23.8 Å². The average molecular weight is 346 g/mol. The van der Waals surface area contributed by atoms with Gasteiger partial charge in [0.15, 0.2) is 0 Å². The molecule has 0 fully saturated rings. The molecular weight excluding hydrogens is 333 g/mol. The van der Waals surface area contributed by atoms with E-state index in [0.29, 0.717) is 22.3 Å². The van der Waals surface area contributed by atoms with Gasteiger partial charge in [-0.1, -0.05) is 53.5 Å². The number of carbonyl (C=O) groups is 1. The van der Waals surface area contributed by atoms with Crippen LogP contribution < -0.4 is 10.6 Å². The van der Waals surface area contributed by atoms with Crippen molar-refractivity contribution in [3.8, 4) is 6.07 Å². The zero-order valence-corrected chi connectivity index (χ0v) is 13.5. The summed E-state index contributed by atoms with van der Waals surface area (Å²) in [7, 11) is 0. The molecule has 0 saturated heterocycles. The first-order chi connectivity index (χ1) is 11.1. The second-order valence-corrected chi connectivity index (χ2v) is 5.43. The molecule has 0 aliphatic heterocycles. The fourth-order valence-corrected chi connectivity index (χ4v) is 2.09. The lowest BCUT2D eigenvalue weighted by molar-refractivity contribution is -0.112. The molecule has 4 nitrogen and oxygen atoms in total. The number of nitriles is 1. The van der Waals surface area contributed by atoms with Crippen LogP contribution in [0.4, 0.5) is 5.69 Å². The molecule has 0 atom stereocenters. The Hall–Kier alpha value is -2.48. The van der Waals surface area contributed by atoms with E-state index in [2.05, 4.69) is 10.6 Å². The third-order valence-electron chi connectivity index (χ3n) is 2.94. The van der Waals surface area contributed by atoms with Crippen molar-refractivity contribution in [1.29, 1.82) is 5.26 Å². The molecular formula is C17H13Cl2N3O. The molecule has 0 aliphatic carbocycles. The number of halogens is 2. The van der Waals surface area contributed by atoms with Gasteiger partial charge in [-0.3, -0.25) is 4.79 Å². The first kappa shape index (κ1) is 16.9. The van der Waals surface area contributed by atoms with Crippen LogP contribution in [0, 0.1) is 11.3 Å². The molecule has 0 bridgehead atoms. The average Bonchev–Trinajstić information content (AvgIpc) is 2.56. The lowest BCUT2D eigenvalue weighted by Crippen LogP contribution is -2.16. The number of rotatable bonds is 5. The van der Waals surface area contributed by atoms with E-state index in [1.54, 1.807) is 12.1 Å². The highest BCUT2D eigenvalue weighted by Crippen LogP contribution is 2.25. The molecule has 23 heavy (non-hydrogen) atoms. The van der Waals surface area contributed by atoms with Crippen LogP contribution in [-0.2, 0) is 11.3 Å². The zero-order valence-electron chi connectivity index (χ0n) is 12.0. The third kappa shape index (κ3) is 5.03. The Labute approximate surface area is 144 Å². The number of nitrogens with zero attached hydrogens (tertiary/aromatic N) is 1. The van der Waals surface area contributed by atoms with E-state index in [1.807, 2.05) is 36.4 Å². The molecule has 6 heteroatoms. The number of amides is 1. The smallest absolute Gasteiger partial charge is 0.267 e. The molecule has 0 heterocycles. The van der Waals surface area contributed by atoms with Gasteiger partial charge in [0.25, 0.3) is 5.91 Å². The van der Waals surface area contributed by atoms with E-state index in [9.17, 15) is 4.79 Å². The summed E-state index contributed by atoms with van der Waals surface area (Å²) in [6, 6.07) is 16.2. The van der Waals surface area contributed by atoms with Gasteiger partial charge in [0.1, 0.15) is 11.6 Å². The van der Waals surface area contributed by atoms with E-state index in [0.717, 1.165) is 5.56 Å². The van der Waals surface area contributed by atoms with Gasteiger partial charge in [-0.2, -0.15) is 5.26 Å². The number of anilines is 1. The monoisotopic (exact) mass is 345 g/mol. The molecule has 2 aromatic carbocycles. The SMILES string of the molecule is N#C/C(=C/NCc1ccccc1)C(=O)Nc1ccc(Cl)c(Cl)c1. The Balaban J connectivity index is 1.99.